The first kappa shape index (κ1) is 15.5. The van der Waals surface area contributed by atoms with E-state index < -0.39 is 17.4 Å². The molecule has 1 heterocycles. The average Bonchev–Trinajstić information content (AvgIpc) is 2.81. The number of esters is 1. The van der Waals surface area contributed by atoms with E-state index in [0.29, 0.717) is 19.5 Å². The van der Waals surface area contributed by atoms with Crippen LogP contribution in [0.25, 0.3) is 0 Å². The van der Waals surface area contributed by atoms with Crippen LogP contribution < -0.4 is 5.73 Å². The number of carbonyl (C=O) groups excluding carboxylic acids is 2. The molecule has 2 rings (SSSR count). The molecule has 2 atom stereocenters. The number of methoxy groups -OCH3 is 1. The zero-order chi connectivity index (χ0) is 15.5. The zero-order valence-electron chi connectivity index (χ0n) is 12.5. The molecule has 114 valence electrons. The molecule has 2 N–H and O–H groups in total. The fourth-order valence-electron chi connectivity index (χ4n) is 2.73. The van der Waals surface area contributed by atoms with Crippen LogP contribution in [0.3, 0.4) is 0 Å². The smallest absolute Gasteiger partial charge is 0.310 e. The maximum Gasteiger partial charge on any atom is 0.310 e. The average molecular weight is 290 g/mol. The highest BCUT2D eigenvalue weighted by atomic mass is 16.5. The van der Waals surface area contributed by atoms with Gasteiger partial charge in [-0.3, -0.25) is 9.59 Å². The summed E-state index contributed by atoms with van der Waals surface area (Å²) in [5, 5.41) is 0. The standard InChI is InChI=1S/C16H22N2O3/c1-12(14(19)21-2)16(17)9-11-18(15(16)20)10-8-13-6-4-3-5-7-13/h3-7,12H,8-11,17H2,1-2H3. The Bertz CT molecular complexity index is 518. The molecule has 0 aliphatic carbocycles. The molecule has 0 aromatic heterocycles. The Hall–Kier alpha value is -1.88. The van der Waals surface area contributed by atoms with Crippen molar-refractivity contribution in [3.8, 4) is 0 Å². The minimum atomic E-state index is -1.14. The topological polar surface area (TPSA) is 72.6 Å². The Balaban J connectivity index is 1.99. The number of hydrogen-bond acceptors (Lipinski definition) is 4. The van der Waals surface area contributed by atoms with Crippen LogP contribution >= 0.6 is 0 Å². The van der Waals surface area contributed by atoms with E-state index >= 15 is 0 Å². The van der Waals surface area contributed by atoms with Gasteiger partial charge < -0.3 is 15.4 Å². The number of nitrogens with zero attached hydrogens (tertiary/aromatic N) is 1. The van der Waals surface area contributed by atoms with Gasteiger partial charge in [-0.1, -0.05) is 30.3 Å². The molecular formula is C16H22N2O3. The molecule has 1 fully saturated rings. The summed E-state index contributed by atoms with van der Waals surface area (Å²) >= 11 is 0. The van der Waals surface area contributed by atoms with Crippen molar-refractivity contribution in [3.63, 3.8) is 0 Å². The lowest BCUT2D eigenvalue weighted by Crippen LogP contribution is -2.55. The second kappa shape index (κ2) is 6.26. The molecule has 1 aromatic carbocycles. The molecule has 5 nitrogen and oxygen atoms in total. The van der Waals surface area contributed by atoms with Crippen molar-refractivity contribution in [1.82, 2.24) is 4.90 Å². The summed E-state index contributed by atoms with van der Waals surface area (Å²) in [6, 6.07) is 10.00. The second-order valence-corrected chi connectivity index (χ2v) is 5.56. The highest BCUT2D eigenvalue weighted by Crippen LogP contribution is 2.29. The molecular weight excluding hydrogens is 268 g/mol. The molecule has 1 saturated heterocycles. The largest absolute Gasteiger partial charge is 0.469 e. The van der Waals surface area contributed by atoms with Gasteiger partial charge >= 0.3 is 5.97 Å². The van der Waals surface area contributed by atoms with Crippen LogP contribution in [0.15, 0.2) is 30.3 Å². The van der Waals surface area contributed by atoms with Crippen LogP contribution in [-0.4, -0.2) is 42.5 Å². The fourth-order valence-corrected chi connectivity index (χ4v) is 2.73. The van der Waals surface area contributed by atoms with Crippen LogP contribution in [-0.2, 0) is 20.7 Å². The number of benzene rings is 1. The van der Waals surface area contributed by atoms with Gasteiger partial charge in [-0.05, 0) is 25.3 Å². The van der Waals surface area contributed by atoms with Crippen molar-refractivity contribution in [1.29, 1.82) is 0 Å². The Morgan fingerprint density at radius 3 is 2.71 bits per heavy atom. The molecule has 2 unspecified atom stereocenters. The lowest BCUT2D eigenvalue weighted by atomic mass is 9.84. The van der Waals surface area contributed by atoms with Crippen LogP contribution in [0.5, 0.6) is 0 Å². The highest BCUT2D eigenvalue weighted by Gasteiger charge is 2.50. The maximum atomic E-state index is 12.5. The number of carbonyl (C=O) groups is 2. The predicted molar refractivity (Wildman–Crippen MR) is 79.4 cm³/mol. The van der Waals surface area contributed by atoms with Gasteiger partial charge in [0.15, 0.2) is 0 Å². The van der Waals surface area contributed by atoms with Gasteiger partial charge in [0, 0.05) is 13.1 Å². The van der Waals surface area contributed by atoms with Gasteiger partial charge in [0.2, 0.25) is 5.91 Å². The minimum absolute atomic E-state index is 0.156. The third kappa shape index (κ3) is 3.08. The molecule has 1 amide bonds. The molecule has 0 spiro atoms. The summed E-state index contributed by atoms with van der Waals surface area (Å²) in [6.07, 6.45) is 1.27. The van der Waals surface area contributed by atoms with E-state index in [4.69, 9.17) is 10.5 Å². The Morgan fingerprint density at radius 2 is 2.10 bits per heavy atom. The number of amides is 1. The summed E-state index contributed by atoms with van der Waals surface area (Å²) in [5.41, 5.74) is 6.24. The SMILES string of the molecule is COC(=O)C(C)C1(N)CCN(CCc2ccccc2)C1=O. The van der Waals surface area contributed by atoms with E-state index in [2.05, 4.69) is 0 Å². The van der Waals surface area contributed by atoms with Crippen LogP contribution in [0.4, 0.5) is 0 Å². The quantitative estimate of drug-likeness (QED) is 0.820. The lowest BCUT2D eigenvalue weighted by molar-refractivity contribution is -0.151. The molecule has 5 heteroatoms. The summed E-state index contributed by atoms with van der Waals surface area (Å²) in [4.78, 5) is 25.9. The van der Waals surface area contributed by atoms with Crippen LogP contribution in [0.2, 0.25) is 0 Å². The fraction of sp³-hybridized carbons (Fsp3) is 0.500. The van der Waals surface area contributed by atoms with Gasteiger partial charge in [-0.15, -0.1) is 0 Å². The van der Waals surface area contributed by atoms with Gasteiger partial charge in [-0.25, -0.2) is 0 Å². The van der Waals surface area contributed by atoms with E-state index in [-0.39, 0.29) is 5.91 Å². The first-order valence-electron chi connectivity index (χ1n) is 7.19. The van der Waals surface area contributed by atoms with Gasteiger partial charge in [0.05, 0.1) is 13.0 Å². The van der Waals surface area contributed by atoms with Crippen molar-refractivity contribution in [3.05, 3.63) is 35.9 Å². The number of nitrogens with two attached hydrogens (primary N) is 1. The number of rotatable bonds is 5. The molecule has 1 aliphatic heterocycles. The Kier molecular flexibility index (Phi) is 4.63. The molecule has 1 aromatic rings. The number of ether oxygens (including phenoxy) is 1. The van der Waals surface area contributed by atoms with E-state index in [9.17, 15) is 9.59 Å². The van der Waals surface area contributed by atoms with Crippen molar-refractivity contribution in [2.75, 3.05) is 20.2 Å². The third-order valence-electron chi connectivity index (χ3n) is 4.32. The molecule has 1 aliphatic rings. The summed E-state index contributed by atoms with van der Waals surface area (Å²) < 4.78 is 4.71. The van der Waals surface area contributed by atoms with Crippen molar-refractivity contribution < 1.29 is 14.3 Å². The Labute approximate surface area is 125 Å². The predicted octanol–water partition coefficient (Wildman–Crippen LogP) is 0.968. The van der Waals surface area contributed by atoms with Gasteiger partial charge in [-0.2, -0.15) is 0 Å². The van der Waals surface area contributed by atoms with Crippen molar-refractivity contribution >= 4 is 11.9 Å². The number of hydrogen-bond donors (Lipinski definition) is 1. The maximum absolute atomic E-state index is 12.5. The van der Waals surface area contributed by atoms with E-state index in [1.807, 2.05) is 30.3 Å². The molecule has 0 radical (unpaired) electrons. The Morgan fingerprint density at radius 1 is 1.43 bits per heavy atom. The first-order valence-corrected chi connectivity index (χ1v) is 7.19. The van der Waals surface area contributed by atoms with E-state index in [1.165, 1.54) is 12.7 Å². The monoisotopic (exact) mass is 290 g/mol. The van der Waals surface area contributed by atoms with Crippen LogP contribution in [0, 0.1) is 5.92 Å². The highest BCUT2D eigenvalue weighted by molar-refractivity contribution is 5.93. The molecule has 0 saturated carbocycles. The van der Waals surface area contributed by atoms with Crippen LogP contribution in [0.1, 0.15) is 18.9 Å². The van der Waals surface area contributed by atoms with E-state index in [0.717, 1.165) is 6.42 Å². The molecule has 0 bridgehead atoms. The summed E-state index contributed by atoms with van der Waals surface area (Å²) in [7, 11) is 1.31. The summed E-state index contributed by atoms with van der Waals surface area (Å²) in [5.74, 6) is -1.22. The minimum Gasteiger partial charge on any atom is -0.469 e. The van der Waals surface area contributed by atoms with E-state index in [1.54, 1.807) is 11.8 Å². The third-order valence-corrected chi connectivity index (χ3v) is 4.32. The second-order valence-electron chi connectivity index (χ2n) is 5.56. The summed E-state index contributed by atoms with van der Waals surface area (Å²) in [6.45, 7) is 2.86. The van der Waals surface area contributed by atoms with Gasteiger partial charge in [0.1, 0.15) is 5.54 Å². The first-order chi connectivity index (χ1) is 9.99. The lowest BCUT2D eigenvalue weighted by Gasteiger charge is -2.27. The van der Waals surface area contributed by atoms with Gasteiger partial charge in [0.25, 0.3) is 0 Å². The zero-order valence-corrected chi connectivity index (χ0v) is 12.5. The normalized spacial score (nSPS) is 23.2. The number of likely N-dealkylation sites (tertiary alicyclic amines) is 1. The van der Waals surface area contributed by atoms with Crippen molar-refractivity contribution in [2.45, 2.75) is 25.3 Å². The molecule has 21 heavy (non-hydrogen) atoms. The van der Waals surface area contributed by atoms with Crippen molar-refractivity contribution in [2.24, 2.45) is 11.7 Å².